The molecule has 0 saturated carbocycles. The average Bonchev–Trinajstić information content (AvgIpc) is 2.27. The van der Waals surface area contributed by atoms with Crippen LogP contribution in [0.3, 0.4) is 0 Å². The van der Waals surface area contributed by atoms with Gasteiger partial charge in [-0.15, -0.1) is 0 Å². The molecule has 0 spiro atoms. The highest BCUT2D eigenvalue weighted by atomic mass is 19.4. The summed E-state index contributed by atoms with van der Waals surface area (Å²) in [7, 11) is 1.51. The van der Waals surface area contributed by atoms with E-state index >= 15 is 0 Å². The van der Waals surface area contributed by atoms with Gasteiger partial charge in [-0.25, -0.2) is 0 Å². The van der Waals surface area contributed by atoms with Gasteiger partial charge in [0.05, 0.1) is 13.5 Å². The molecule has 0 aliphatic rings. The van der Waals surface area contributed by atoms with Gasteiger partial charge in [0.1, 0.15) is 12.3 Å². The average molecular weight is 247 g/mol. The van der Waals surface area contributed by atoms with Crippen molar-refractivity contribution in [2.75, 3.05) is 13.7 Å². The topological polar surface area (TPSA) is 38.3 Å². The fourth-order valence-corrected chi connectivity index (χ4v) is 1.19. The highest BCUT2D eigenvalue weighted by molar-refractivity contribution is 5.78. The number of ether oxygens (including phenoxy) is 1. The largest absolute Gasteiger partial charge is 0.497 e. The van der Waals surface area contributed by atoms with Crippen molar-refractivity contribution in [3.63, 3.8) is 0 Å². The monoisotopic (exact) mass is 247 g/mol. The highest BCUT2D eigenvalue weighted by Gasteiger charge is 2.27. The van der Waals surface area contributed by atoms with E-state index in [2.05, 4.69) is 0 Å². The molecular formula is C11H12F3NO2. The van der Waals surface area contributed by atoms with Gasteiger partial charge in [0.25, 0.3) is 0 Å². The molecule has 0 saturated heterocycles. The molecule has 94 valence electrons. The Hall–Kier alpha value is -1.72. The van der Waals surface area contributed by atoms with Gasteiger partial charge >= 0.3 is 6.18 Å². The maximum Gasteiger partial charge on any atom is 0.405 e. The van der Waals surface area contributed by atoms with Crippen LogP contribution in [-0.4, -0.2) is 25.7 Å². The smallest absolute Gasteiger partial charge is 0.405 e. The van der Waals surface area contributed by atoms with Gasteiger partial charge < -0.3 is 10.1 Å². The molecule has 0 fully saturated rings. The molecule has 0 heterocycles. The summed E-state index contributed by atoms with van der Waals surface area (Å²) in [5.41, 5.74) is 0.630. The number of hydrogen-bond donors (Lipinski definition) is 1. The van der Waals surface area contributed by atoms with Crippen molar-refractivity contribution in [1.29, 1.82) is 0 Å². The highest BCUT2D eigenvalue weighted by Crippen LogP contribution is 2.13. The number of halogens is 3. The number of methoxy groups -OCH3 is 1. The van der Waals surface area contributed by atoms with E-state index in [-0.39, 0.29) is 6.42 Å². The number of hydrogen-bond acceptors (Lipinski definition) is 2. The zero-order valence-electron chi connectivity index (χ0n) is 9.17. The van der Waals surface area contributed by atoms with E-state index in [4.69, 9.17) is 4.74 Å². The first-order valence-corrected chi connectivity index (χ1v) is 4.87. The Kier molecular flexibility index (Phi) is 4.37. The summed E-state index contributed by atoms with van der Waals surface area (Å²) in [5, 5.41) is 1.80. The van der Waals surface area contributed by atoms with Crippen molar-refractivity contribution in [2.24, 2.45) is 0 Å². The predicted molar refractivity (Wildman–Crippen MR) is 55.8 cm³/mol. The molecule has 1 aromatic carbocycles. The molecule has 0 unspecified atom stereocenters. The first-order valence-electron chi connectivity index (χ1n) is 4.87. The van der Waals surface area contributed by atoms with E-state index in [0.717, 1.165) is 0 Å². The van der Waals surface area contributed by atoms with E-state index in [1.165, 1.54) is 7.11 Å². The Morgan fingerprint density at radius 3 is 2.35 bits per heavy atom. The molecule has 0 radical (unpaired) electrons. The maximum absolute atomic E-state index is 11.8. The minimum absolute atomic E-state index is 0.0833. The molecule has 1 rings (SSSR count). The van der Waals surface area contributed by atoms with Gasteiger partial charge in [-0.05, 0) is 17.7 Å². The van der Waals surface area contributed by atoms with Gasteiger partial charge in [-0.1, -0.05) is 12.1 Å². The Labute approximate surface area is 96.6 Å². The molecule has 6 heteroatoms. The van der Waals surface area contributed by atoms with Crippen LogP contribution in [0, 0.1) is 0 Å². The fourth-order valence-electron chi connectivity index (χ4n) is 1.19. The van der Waals surface area contributed by atoms with Gasteiger partial charge in [0.15, 0.2) is 0 Å². The first kappa shape index (κ1) is 13.3. The van der Waals surface area contributed by atoms with E-state index in [0.29, 0.717) is 11.3 Å². The van der Waals surface area contributed by atoms with Crippen LogP contribution in [0.2, 0.25) is 0 Å². The Morgan fingerprint density at radius 2 is 1.88 bits per heavy atom. The Morgan fingerprint density at radius 1 is 1.29 bits per heavy atom. The second-order valence-electron chi connectivity index (χ2n) is 3.42. The second kappa shape index (κ2) is 5.56. The molecule has 1 amide bonds. The lowest BCUT2D eigenvalue weighted by Gasteiger charge is -2.08. The number of nitrogens with one attached hydrogen (secondary N) is 1. The lowest BCUT2D eigenvalue weighted by molar-refractivity contribution is -0.138. The third kappa shape index (κ3) is 5.24. The molecule has 0 atom stereocenters. The maximum atomic E-state index is 11.8. The van der Waals surface area contributed by atoms with Gasteiger partial charge in [-0.2, -0.15) is 13.2 Å². The van der Waals surface area contributed by atoms with E-state index in [9.17, 15) is 18.0 Å². The van der Waals surface area contributed by atoms with E-state index in [1.54, 1.807) is 29.6 Å². The van der Waals surface area contributed by atoms with Crippen molar-refractivity contribution in [2.45, 2.75) is 12.6 Å². The van der Waals surface area contributed by atoms with E-state index < -0.39 is 18.6 Å². The summed E-state index contributed by atoms with van der Waals surface area (Å²) in [6, 6.07) is 6.55. The summed E-state index contributed by atoms with van der Waals surface area (Å²) >= 11 is 0. The summed E-state index contributed by atoms with van der Waals surface area (Å²) in [6.45, 7) is -1.30. The molecule has 0 aliphatic carbocycles. The van der Waals surface area contributed by atoms with Crippen molar-refractivity contribution >= 4 is 5.91 Å². The number of amides is 1. The van der Waals surface area contributed by atoms with Gasteiger partial charge in [0, 0.05) is 0 Å². The van der Waals surface area contributed by atoms with Crippen molar-refractivity contribution in [3.8, 4) is 5.75 Å². The first-order chi connectivity index (χ1) is 7.90. The molecule has 0 aromatic heterocycles. The van der Waals surface area contributed by atoms with Crippen LogP contribution < -0.4 is 10.1 Å². The van der Waals surface area contributed by atoms with Crippen LogP contribution in [0.5, 0.6) is 5.75 Å². The normalized spacial score (nSPS) is 11.1. The standard InChI is InChI=1S/C11H12F3NO2/c1-17-9-4-2-8(3-5-9)6-10(16)15-7-11(12,13)14/h2-5H,6-7H2,1H3,(H,15,16). The van der Waals surface area contributed by atoms with Crippen LogP contribution in [0.15, 0.2) is 24.3 Å². The van der Waals surface area contributed by atoms with Crippen molar-refractivity contribution in [1.82, 2.24) is 5.32 Å². The number of carbonyl (C=O) groups is 1. The third-order valence-electron chi connectivity index (χ3n) is 2.01. The lowest BCUT2D eigenvalue weighted by Crippen LogP contribution is -2.34. The SMILES string of the molecule is COc1ccc(CC(=O)NCC(F)(F)F)cc1. The quantitative estimate of drug-likeness (QED) is 0.882. The fraction of sp³-hybridized carbons (Fsp3) is 0.364. The molecule has 3 nitrogen and oxygen atoms in total. The van der Waals surface area contributed by atoms with E-state index in [1.807, 2.05) is 0 Å². The number of alkyl halides is 3. The van der Waals surface area contributed by atoms with Gasteiger partial charge in [0.2, 0.25) is 5.91 Å². The van der Waals surface area contributed by atoms with Crippen LogP contribution in [0.4, 0.5) is 13.2 Å². The molecular weight excluding hydrogens is 235 g/mol. The Bertz CT molecular complexity index is 373. The lowest BCUT2D eigenvalue weighted by atomic mass is 10.1. The Balaban J connectivity index is 2.45. The van der Waals surface area contributed by atoms with Gasteiger partial charge in [-0.3, -0.25) is 4.79 Å². The predicted octanol–water partition coefficient (Wildman–Crippen LogP) is 1.92. The van der Waals surface area contributed by atoms with Crippen LogP contribution >= 0.6 is 0 Å². The van der Waals surface area contributed by atoms with Crippen molar-refractivity contribution < 1.29 is 22.7 Å². The summed E-state index contributed by atoms with van der Waals surface area (Å²) in [6.07, 6.45) is -4.46. The minimum Gasteiger partial charge on any atom is -0.497 e. The van der Waals surface area contributed by atoms with Crippen LogP contribution in [-0.2, 0) is 11.2 Å². The van der Waals surface area contributed by atoms with Crippen molar-refractivity contribution in [3.05, 3.63) is 29.8 Å². The summed E-state index contributed by atoms with van der Waals surface area (Å²) < 4.78 is 40.4. The zero-order chi connectivity index (χ0) is 12.9. The zero-order valence-corrected chi connectivity index (χ0v) is 9.17. The molecule has 0 bridgehead atoms. The van der Waals surface area contributed by atoms with Crippen LogP contribution in [0.1, 0.15) is 5.56 Å². The second-order valence-corrected chi connectivity index (χ2v) is 3.42. The number of carbonyl (C=O) groups excluding carboxylic acids is 1. The summed E-state index contributed by atoms with van der Waals surface area (Å²) in [5.74, 6) is -0.0306. The number of rotatable bonds is 4. The minimum atomic E-state index is -4.38. The summed E-state index contributed by atoms with van der Waals surface area (Å²) in [4.78, 5) is 11.2. The number of benzene rings is 1. The molecule has 1 aromatic rings. The third-order valence-corrected chi connectivity index (χ3v) is 2.01. The molecule has 1 N–H and O–H groups in total. The molecule has 0 aliphatic heterocycles. The molecule has 17 heavy (non-hydrogen) atoms. The van der Waals surface area contributed by atoms with Crippen LogP contribution in [0.25, 0.3) is 0 Å².